The molecule has 2 aromatic carbocycles. The average Bonchev–Trinajstić information content (AvgIpc) is 3.48. The third kappa shape index (κ3) is 4.62. The Balaban J connectivity index is 1.29. The molecule has 2 fully saturated rings. The van der Waals surface area contributed by atoms with Crippen LogP contribution in [0.4, 0.5) is 5.69 Å². The third-order valence-electron chi connectivity index (χ3n) is 5.53. The maximum absolute atomic E-state index is 11.3. The number of rotatable bonds is 7. The molecule has 4 nitrogen and oxygen atoms in total. The van der Waals surface area contributed by atoms with Gasteiger partial charge in [0.05, 0.1) is 13.2 Å². The number of hydrogen-bond donors (Lipinski definition) is 0. The van der Waals surface area contributed by atoms with Gasteiger partial charge in [-0.3, -0.25) is 4.79 Å². The fraction of sp³-hybridized carbons (Fsp3) is 0.435. The van der Waals surface area contributed by atoms with E-state index in [2.05, 4.69) is 17.0 Å². The van der Waals surface area contributed by atoms with E-state index in [0.29, 0.717) is 12.5 Å². The van der Waals surface area contributed by atoms with Gasteiger partial charge in [-0.2, -0.15) is 0 Å². The summed E-state index contributed by atoms with van der Waals surface area (Å²) in [6.45, 7) is 4.27. The summed E-state index contributed by atoms with van der Waals surface area (Å²) in [5.74, 6) is 2.73. The van der Waals surface area contributed by atoms with Gasteiger partial charge in [0.2, 0.25) is 0 Å². The van der Waals surface area contributed by atoms with Gasteiger partial charge >= 0.3 is 0 Å². The molecular formula is C23H27NO3. The summed E-state index contributed by atoms with van der Waals surface area (Å²) in [7, 11) is 0. The highest BCUT2D eigenvalue weighted by atomic mass is 16.5. The average molecular weight is 365 g/mol. The lowest BCUT2D eigenvalue weighted by molar-refractivity contribution is -0.118. The molecule has 0 aromatic heterocycles. The lowest BCUT2D eigenvalue weighted by Gasteiger charge is -2.34. The van der Waals surface area contributed by atoms with E-state index >= 15 is 0 Å². The van der Waals surface area contributed by atoms with Crippen LogP contribution in [-0.4, -0.2) is 31.6 Å². The first-order valence-corrected chi connectivity index (χ1v) is 9.89. The largest absolute Gasteiger partial charge is 0.493 e. The number of ether oxygens (including phenoxy) is 2. The van der Waals surface area contributed by atoms with Crippen LogP contribution in [-0.2, 0) is 4.79 Å². The Bertz CT molecular complexity index is 759. The minimum Gasteiger partial charge on any atom is -0.493 e. The molecule has 0 bridgehead atoms. The molecule has 0 radical (unpaired) electrons. The van der Waals surface area contributed by atoms with Gasteiger partial charge in [-0.1, -0.05) is 18.2 Å². The highest BCUT2D eigenvalue weighted by Crippen LogP contribution is 2.39. The highest BCUT2D eigenvalue weighted by Gasteiger charge is 2.41. The molecule has 3 atom stereocenters. The molecule has 2 aromatic rings. The summed E-state index contributed by atoms with van der Waals surface area (Å²) in [6.07, 6.45) is 3.41. The Kier molecular flexibility index (Phi) is 5.33. The van der Waals surface area contributed by atoms with Gasteiger partial charge in [-0.05, 0) is 62.6 Å². The van der Waals surface area contributed by atoms with Gasteiger partial charge in [0.25, 0.3) is 0 Å². The van der Waals surface area contributed by atoms with E-state index in [4.69, 9.17) is 9.47 Å². The molecular weight excluding hydrogens is 338 g/mol. The van der Waals surface area contributed by atoms with Crippen molar-refractivity contribution in [2.24, 2.45) is 11.8 Å². The highest BCUT2D eigenvalue weighted by molar-refractivity contribution is 5.81. The number of Topliss-reactive ketones (excluding diaryl/α,β-unsaturated/α-hetero) is 1. The molecule has 1 heterocycles. The molecule has 2 aliphatic rings. The molecule has 4 heteroatoms. The van der Waals surface area contributed by atoms with E-state index < -0.39 is 0 Å². The van der Waals surface area contributed by atoms with Gasteiger partial charge in [0, 0.05) is 24.1 Å². The van der Waals surface area contributed by atoms with Crippen molar-refractivity contribution in [2.75, 3.05) is 24.6 Å². The zero-order chi connectivity index (χ0) is 18.6. The third-order valence-corrected chi connectivity index (χ3v) is 5.53. The number of piperidine rings is 1. The number of para-hydroxylation sites is 1. The Labute approximate surface area is 161 Å². The number of hydrogen-bond acceptors (Lipinski definition) is 4. The van der Waals surface area contributed by atoms with Gasteiger partial charge in [0.1, 0.15) is 23.4 Å². The first-order chi connectivity index (χ1) is 13.2. The molecule has 0 N–H and O–H groups in total. The first-order valence-electron chi connectivity index (χ1n) is 9.89. The van der Waals surface area contributed by atoms with Gasteiger partial charge in [-0.25, -0.2) is 0 Å². The second-order valence-electron chi connectivity index (χ2n) is 7.66. The lowest BCUT2D eigenvalue weighted by atomic mass is 10.1. The fourth-order valence-electron chi connectivity index (χ4n) is 3.85. The molecule has 0 spiro atoms. The predicted octanol–water partition coefficient (Wildman–Crippen LogP) is 4.34. The molecule has 27 heavy (non-hydrogen) atoms. The molecule has 1 aliphatic carbocycles. The number of carbonyl (C=O) groups is 1. The van der Waals surface area contributed by atoms with E-state index in [1.165, 1.54) is 5.69 Å². The van der Waals surface area contributed by atoms with Crippen molar-refractivity contribution in [3.05, 3.63) is 54.6 Å². The molecule has 1 aliphatic heterocycles. The fourth-order valence-corrected chi connectivity index (χ4v) is 3.85. The van der Waals surface area contributed by atoms with Crippen molar-refractivity contribution >= 4 is 11.5 Å². The van der Waals surface area contributed by atoms with Crippen LogP contribution in [0, 0.1) is 11.8 Å². The Morgan fingerprint density at radius 1 is 1.07 bits per heavy atom. The summed E-state index contributed by atoms with van der Waals surface area (Å²) in [4.78, 5) is 13.7. The van der Waals surface area contributed by atoms with E-state index in [1.54, 1.807) is 6.92 Å². The number of benzene rings is 2. The predicted molar refractivity (Wildman–Crippen MR) is 107 cm³/mol. The summed E-state index contributed by atoms with van der Waals surface area (Å²) in [5.41, 5.74) is 1.21. The minimum atomic E-state index is 0.218. The van der Waals surface area contributed by atoms with Crippen LogP contribution < -0.4 is 14.4 Å². The second kappa shape index (κ2) is 8.03. The van der Waals surface area contributed by atoms with Crippen molar-refractivity contribution in [1.29, 1.82) is 0 Å². The van der Waals surface area contributed by atoms with Crippen LogP contribution in [0.15, 0.2) is 54.6 Å². The summed E-state index contributed by atoms with van der Waals surface area (Å²) in [5, 5.41) is 0. The van der Waals surface area contributed by atoms with Crippen molar-refractivity contribution in [1.82, 2.24) is 0 Å². The number of carbonyl (C=O) groups excluding carboxylic acids is 1. The standard InChI is InChI=1S/C23H27NO3/c1-17(25)23-14-18(23)16-26-20-11-9-19(10-12-20)24-13-5-8-22(15-24)27-21-6-3-2-4-7-21/h2-4,6-7,9-12,18,22-23H,5,8,13-16H2,1H3. The lowest BCUT2D eigenvalue weighted by Crippen LogP contribution is -2.41. The van der Waals surface area contributed by atoms with E-state index in [1.807, 2.05) is 42.5 Å². The van der Waals surface area contributed by atoms with Crippen LogP contribution in [0.3, 0.4) is 0 Å². The van der Waals surface area contributed by atoms with Gasteiger partial charge in [-0.15, -0.1) is 0 Å². The number of anilines is 1. The number of ketones is 1. The van der Waals surface area contributed by atoms with Crippen LogP contribution in [0.1, 0.15) is 26.2 Å². The maximum atomic E-state index is 11.3. The van der Waals surface area contributed by atoms with Gasteiger partial charge in [0.15, 0.2) is 0 Å². The molecule has 3 unspecified atom stereocenters. The molecule has 1 saturated carbocycles. The van der Waals surface area contributed by atoms with Crippen LogP contribution in [0.5, 0.6) is 11.5 Å². The summed E-state index contributed by atoms with van der Waals surface area (Å²) in [6, 6.07) is 18.4. The zero-order valence-corrected chi connectivity index (χ0v) is 15.8. The Hall–Kier alpha value is -2.49. The van der Waals surface area contributed by atoms with Crippen LogP contribution >= 0.6 is 0 Å². The number of nitrogens with zero attached hydrogens (tertiary/aromatic N) is 1. The Morgan fingerprint density at radius 2 is 1.85 bits per heavy atom. The van der Waals surface area contributed by atoms with E-state index in [9.17, 15) is 4.79 Å². The van der Waals surface area contributed by atoms with Crippen molar-refractivity contribution in [3.63, 3.8) is 0 Å². The molecule has 142 valence electrons. The zero-order valence-electron chi connectivity index (χ0n) is 15.8. The van der Waals surface area contributed by atoms with Crippen LogP contribution in [0.2, 0.25) is 0 Å². The second-order valence-corrected chi connectivity index (χ2v) is 7.66. The van der Waals surface area contributed by atoms with Crippen molar-refractivity contribution in [3.8, 4) is 11.5 Å². The van der Waals surface area contributed by atoms with Crippen molar-refractivity contribution < 1.29 is 14.3 Å². The topological polar surface area (TPSA) is 38.8 Å². The minimum absolute atomic E-state index is 0.218. The smallest absolute Gasteiger partial charge is 0.133 e. The SMILES string of the molecule is CC(=O)C1CC1COc1ccc(N2CCCC(Oc3ccccc3)C2)cc1. The van der Waals surface area contributed by atoms with E-state index in [-0.39, 0.29) is 17.8 Å². The van der Waals surface area contributed by atoms with E-state index in [0.717, 1.165) is 43.9 Å². The summed E-state index contributed by atoms with van der Waals surface area (Å²) < 4.78 is 12.0. The molecule has 4 rings (SSSR count). The molecule has 1 saturated heterocycles. The van der Waals surface area contributed by atoms with Gasteiger partial charge < -0.3 is 14.4 Å². The summed E-state index contributed by atoms with van der Waals surface area (Å²) >= 11 is 0. The first kappa shape index (κ1) is 17.9. The Morgan fingerprint density at radius 3 is 2.56 bits per heavy atom. The monoisotopic (exact) mass is 365 g/mol. The van der Waals surface area contributed by atoms with Crippen molar-refractivity contribution in [2.45, 2.75) is 32.3 Å². The molecule has 0 amide bonds. The quantitative estimate of drug-likeness (QED) is 0.732. The normalized spacial score (nSPS) is 24.3. The maximum Gasteiger partial charge on any atom is 0.133 e. The van der Waals surface area contributed by atoms with Crippen LogP contribution in [0.25, 0.3) is 0 Å².